The van der Waals surface area contributed by atoms with Crippen LogP contribution in [0.25, 0.3) is 0 Å². The molecule has 0 aliphatic heterocycles. The Morgan fingerprint density at radius 3 is 3.00 bits per heavy atom. The first-order chi connectivity index (χ1) is 8.13. The number of hydrogen-bond acceptors (Lipinski definition) is 5. The lowest BCUT2D eigenvalue weighted by molar-refractivity contribution is 0.0940. The van der Waals surface area contributed by atoms with Gasteiger partial charge >= 0.3 is 0 Å². The first kappa shape index (κ1) is 14.0. The number of aliphatic hydroxyl groups is 1. The van der Waals surface area contributed by atoms with Crippen LogP contribution >= 0.6 is 23.1 Å². The molecule has 1 aromatic heterocycles. The SMILES string of the molecule is CSC(CO)C(C)NC(=O)c1sccc1C#N. The Kier molecular flexibility index (Phi) is 5.48. The zero-order chi connectivity index (χ0) is 12.8. The number of nitrogens with one attached hydrogen (secondary N) is 1. The number of nitrogens with zero attached hydrogens (tertiary/aromatic N) is 1. The molecule has 0 bridgehead atoms. The molecule has 0 spiro atoms. The number of rotatable bonds is 5. The van der Waals surface area contributed by atoms with Crippen molar-refractivity contribution in [2.45, 2.75) is 18.2 Å². The van der Waals surface area contributed by atoms with Crippen molar-refractivity contribution in [1.29, 1.82) is 5.26 Å². The first-order valence-corrected chi connectivity index (χ1v) is 7.22. The molecular formula is C11H14N2O2S2. The van der Waals surface area contributed by atoms with E-state index in [9.17, 15) is 4.79 Å². The molecule has 0 saturated carbocycles. The molecule has 0 aliphatic rings. The lowest BCUT2D eigenvalue weighted by atomic mass is 10.2. The molecule has 1 amide bonds. The smallest absolute Gasteiger partial charge is 0.262 e. The average molecular weight is 270 g/mol. The maximum atomic E-state index is 11.9. The lowest BCUT2D eigenvalue weighted by Crippen LogP contribution is -2.41. The summed E-state index contributed by atoms with van der Waals surface area (Å²) in [6.45, 7) is 1.85. The molecule has 6 heteroatoms. The maximum absolute atomic E-state index is 11.9. The van der Waals surface area contributed by atoms with E-state index in [0.29, 0.717) is 10.4 Å². The van der Waals surface area contributed by atoms with Crippen LogP contribution in [0.1, 0.15) is 22.2 Å². The molecule has 2 atom stereocenters. The van der Waals surface area contributed by atoms with E-state index in [1.54, 1.807) is 11.4 Å². The van der Waals surface area contributed by atoms with E-state index in [1.165, 1.54) is 23.1 Å². The normalized spacial score (nSPS) is 13.8. The number of thioether (sulfide) groups is 1. The van der Waals surface area contributed by atoms with Crippen LogP contribution in [0, 0.1) is 11.3 Å². The highest BCUT2D eigenvalue weighted by Gasteiger charge is 2.20. The van der Waals surface area contributed by atoms with Crippen LogP contribution in [0.3, 0.4) is 0 Å². The molecule has 0 saturated heterocycles. The highest BCUT2D eigenvalue weighted by atomic mass is 32.2. The van der Waals surface area contributed by atoms with Crippen molar-refractivity contribution in [2.24, 2.45) is 0 Å². The Morgan fingerprint density at radius 1 is 1.76 bits per heavy atom. The molecule has 17 heavy (non-hydrogen) atoms. The van der Waals surface area contributed by atoms with Crippen LogP contribution in [0.2, 0.25) is 0 Å². The quantitative estimate of drug-likeness (QED) is 0.849. The Labute approximate surface area is 109 Å². The lowest BCUT2D eigenvalue weighted by Gasteiger charge is -2.20. The van der Waals surface area contributed by atoms with Crippen LogP contribution < -0.4 is 5.32 Å². The average Bonchev–Trinajstić information content (AvgIpc) is 2.78. The summed E-state index contributed by atoms with van der Waals surface area (Å²) in [5.74, 6) is -0.253. The van der Waals surface area contributed by atoms with E-state index in [0.717, 1.165) is 0 Å². The minimum atomic E-state index is -0.253. The van der Waals surface area contributed by atoms with Crippen molar-refractivity contribution >= 4 is 29.0 Å². The fraction of sp³-hybridized carbons (Fsp3) is 0.455. The summed E-state index contributed by atoms with van der Waals surface area (Å²) < 4.78 is 0. The zero-order valence-corrected chi connectivity index (χ0v) is 11.3. The van der Waals surface area contributed by atoms with Crippen molar-refractivity contribution in [2.75, 3.05) is 12.9 Å². The number of carbonyl (C=O) groups excluding carboxylic acids is 1. The number of thiophene rings is 1. The van der Waals surface area contributed by atoms with E-state index in [-0.39, 0.29) is 23.8 Å². The number of carbonyl (C=O) groups is 1. The van der Waals surface area contributed by atoms with Gasteiger partial charge in [0.2, 0.25) is 0 Å². The summed E-state index contributed by atoms with van der Waals surface area (Å²) in [6.07, 6.45) is 1.88. The summed E-state index contributed by atoms with van der Waals surface area (Å²) in [7, 11) is 0. The second kappa shape index (κ2) is 6.64. The summed E-state index contributed by atoms with van der Waals surface area (Å²) in [5.41, 5.74) is 0.393. The van der Waals surface area contributed by atoms with Gasteiger partial charge in [-0.3, -0.25) is 4.79 Å². The van der Waals surface area contributed by atoms with Gasteiger partial charge in [0.05, 0.1) is 12.2 Å². The van der Waals surface area contributed by atoms with E-state index in [4.69, 9.17) is 10.4 Å². The Hall–Kier alpha value is -1.03. The van der Waals surface area contributed by atoms with E-state index in [2.05, 4.69) is 5.32 Å². The van der Waals surface area contributed by atoms with Gasteiger partial charge in [0.1, 0.15) is 10.9 Å². The molecule has 0 aromatic carbocycles. The van der Waals surface area contributed by atoms with E-state index < -0.39 is 0 Å². The van der Waals surface area contributed by atoms with Gasteiger partial charge in [0.15, 0.2) is 0 Å². The third kappa shape index (κ3) is 3.46. The third-order valence-corrected chi connectivity index (χ3v) is 4.47. The molecule has 0 fully saturated rings. The first-order valence-electron chi connectivity index (χ1n) is 5.06. The maximum Gasteiger partial charge on any atom is 0.262 e. The second-order valence-electron chi connectivity index (χ2n) is 3.49. The summed E-state index contributed by atoms with van der Waals surface area (Å²) in [4.78, 5) is 12.3. The molecule has 2 unspecified atom stereocenters. The molecule has 0 radical (unpaired) electrons. The Balaban J connectivity index is 2.70. The molecule has 4 nitrogen and oxygen atoms in total. The van der Waals surface area contributed by atoms with Gasteiger partial charge in [-0.05, 0) is 24.6 Å². The van der Waals surface area contributed by atoms with Crippen LogP contribution in [0.4, 0.5) is 0 Å². The van der Waals surface area contributed by atoms with Crippen molar-refractivity contribution in [1.82, 2.24) is 5.32 Å². The molecule has 1 rings (SSSR count). The molecule has 2 N–H and O–H groups in total. The van der Waals surface area contributed by atoms with Crippen LogP contribution in [-0.4, -0.2) is 35.2 Å². The van der Waals surface area contributed by atoms with Gasteiger partial charge in [-0.1, -0.05) is 0 Å². The highest BCUT2D eigenvalue weighted by Crippen LogP contribution is 2.17. The number of amides is 1. The fourth-order valence-electron chi connectivity index (χ4n) is 1.38. The van der Waals surface area contributed by atoms with Gasteiger partial charge in [-0.15, -0.1) is 11.3 Å². The topological polar surface area (TPSA) is 73.1 Å². The molecule has 1 heterocycles. The van der Waals surface area contributed by atoms with E-state index >= 15 is 0 Å². The van der Waals surface area contributed by atoms with Crippen molar-refractivity contribution in [3.05, 3.63) is 21.9 Å². The molecular weight excluding hydrogens is 256 g/mol. The number of aliphatic hydroxyl groups excluding tert-OH is 1. The highest BCUT2D eigenvalue weighted by molar-refractivity contribution is 7.99. The summed E-state index contributed by atoms with van der Waals surface area (Å²) >= 11 is 2.75. The summed E-state index contributed by atoms with van der Waals surface area (Å²) in [5, 5.41) is 22.4. The Bertz CT molecular complexity index is 421. The Morgan fingerprint density at radius 2 is 2.47 bits per heavy atom. The van der Waals surface area contributed by atoms with Gasteiger partial charge in [-0.25, -0.2) is 0 Å². The minimum absolute atomic E-state index is 0.0121. The molecule has 92 valence electrons. The van der Waals surface area contributed by atoms with E-state index in [1.807, 2.05) is 19.2 Å². The monoisotopic (exact) mass is 270 g/mol. The second-order valence-corrected chi connectivity index (χ2v) is 5.49. The van der Waals surface area contributed by atoms with Crippen LogP contribution in [0.15, 0.2) is 11.4 Å². The molecule has 1 aromatic rings. The standard InChI is InChI=1S/C11H14N2O2S2/c1-7(9(6-14)16-2)13-11(15)10-8(5-12)3-4-17-10/h3-4,7,9,14H,6H2,1-2H3,(H,13,15). The van der Waals surface area contributed by atoms with Crippen LogP contribution in [-0.2, 0) is 0 Å². The van der Waals surface area contributed by atoms with Gasteiger partial charge in [-0.2, -0.15) is 17.0 Å². The number of nitriles is 1. The van der Waals surface area contributed by atoms with Crippen molar-refractivity contribution in [3.63, 3.8) is 0 Å². The molecule has 0 aliphatic carbocycles. The minimum Gasteiger partial charge on any atom is -0.395 e. The van der Waals surface area contributed by atoms with Crippen molar-refractivity contribution < 1.29 is 9.90 Å². The zero-order valence-electron chi connectivity index (χ0n) is 9.64. The fourth-order valence-corrected chi connectivity index (χ4v) is 2.75. The van der Waals surface area contributed by atoms with Gasteiger partial charge in [0.25, 0.3) is 5.91 Å². The van der Waals surface area contributed by atoms with Gasteiger partial charge in [0, 0.05) is 11.3 Å². The van der Waals surface area contributed by atoms with Crippen LogP contribution in [0.5, 0.6) is 0 Å². The number of hydrogen-bond donors (Lipinski definition) is 2. The third-order valence-electron chi connectivity index (χ3n) is 2.39. The predicted molar refractivity (Wildman–Crippen MR) is 70.4 cm³/mol. The summed E-state index contributed by atoms with van der Waals surface area (Å²) in [6, 6.07) is 3.47. The predicted octanol–water partition coefficient (Wildman–Crippen LogP) is 1.46. The largest absolute Gasteiger partial charge is 0.395 e. The van der Waals surface area contributed by atoms with Gasteiger partial charge < -0.3 is 10.4 Å². The van der Waals surface area contributed by atoms with Crippen molar-refractivity contribution in [3.8, 4) is 6.07 Å².